The van der Waals surface area contributed by atoms with E-state index in [1.807, 2.05) is 15.5 Å². The monoisotopic (exact) mass is 368 g/mol. The van der Waals surface area contributed by atoms with Crippen LogP contribution in [0.25, 0.3) is 5.52 Å². The number of hydrogen-bond donors (Lipinski definition) is 0. The molecule has 4 heterocycles. The van der Waals surface area contributed by atoms with Gasteiger partial charge in [0.1, 0.15) is 15.9 Å². The van der Waals surface area contributed by atoms with Gasteiger partial charge in [-0.1, -0.05) is 11.6 Å². The van der Waals surface area contributed by atoms with Gasteiger partial charge in [-0.25, -0.2) is 9.97 Å². The lowest BCUT2D eigenvalue weighted by Gasteiger charge is -2.34. The van der Waals surface area contributed by atoms with Crippen molar-refractivity contribution in [2.24, 2.45) is 0 Å². The molecule has 5 nitrogen and oxygen atoms in total. The fraction of sp³-hybridized carbons (Fsp3) is 0.500. The summed E-state index contributed by atoms with van der Waals surface area (Å²) >= 11 is 9.63. The Hall–Kier alpha value is -1.14. The number of carbonyl (C=O) groups excluding carboxylic acids is 1. The van der Waals surface area contributed by atoms with Crippen molar-refractivity contribution in [1.29, 1.82) is 0 Å². The summed E-state index contributed by atoms with van der Waals surface area (Å²) in [6, 6.07) is 0.439. The van der Waals surface area contributed by atoms with Crippen molar-refractivity contribution >= 4 is 39.0 Å². The van der Waals surface area contributed by atoms with Gasteiger partial charge < -0.3 is 4.90 Å². The van der Waals surface area contributed by atoms with E-state index >= 15 is 0 Å². The molecule has 0 saturated carbocycles. The minimum atomic E-state index is 0.251. The second-order valence-corrected chi connectivity index (χ2v) is 6.82. The van der Waals surface area contributed by atoms with E-state index in [2.05, 4.69) is 25.9 Å². The van der Waals surface area contributed by atoms with Gasteiger partial charge >= 0.3 is 0 Å². The van der Waals surface area contributed by atoms with Crippen LogP contribution < -0.4 is 0 Å². The molecule has 0 aromatic carbocycles. The third-order valence-corrected chi connectivity index (χ3v) is 5.41. The first kappa shape index (κ1) is 13.5. The van der Waals surface area contributed by atoms with Crippen LogP contribution in [0.1, 0.15) is 37.4 Å². The molecule has 110 valence electrons. The molecule has 0 aliphatic carbocycles. The number of halogens is 2. The van der Waals surface area contributed by atoms with Crippen LogP contribution in [0.4, 0.5) is 0 Å². The Kier molecular flexibility index (Phi) is 3.19. The summed E-state index contributed by atoms with van der Waals surface area (Å²) in [5.41, 5.74) is 0.795. The molecule has 2 aliphatic rings. The van der Waals surface area contributed by atoms with Crippen molar-refractivity contribution in [2.75, 3.05) is 6.54 Å². The largest absolute Gasteiger partial charge is 0.339 e. The zero-order valence-electron chi connectivity index (χ0n) is 11.3. The topological polar surface area (TPSA) is 50.5 Å². The number of nitrogens with zero attached hydrogens (tertiary/aromatic N) is 4. The van der Waals surface area contributed by atoms with Crippen LogP contribution in [0.2, 0.25) is 5.15 Å². The van der Waals surface area contributed by atoms with Gasteiger partial charge in [0.15, 0.2) is 5.15 Å². The number of imidazole rings is 1. The molecule has 4 rings (SSSR count). The number of hydrogen-bond acceptors (Lipinski definition) is 3. The molecule has 0 unspecified atom stereocenters. The summed E-state index contributed by atoms with van der Waals surface area (Å²) in [6.07, 6.45) is 7.37. The maximum absolute atomic E-state index is 12.0. The van der Waals surface area contributed by atoms with E-state index in [9.17, 15) is 4.79 Å². The highest BCUT2D eigenvalue weighted by molar-refractivity contribution is 9.10. The zero-order chi connectivity index (χ0) is 14.6. The number of aromatic nitrogens is 3. The summed E-state index contributed by atoms with van der Waals surface area (Å²) in [5, 5.41) is 0.439. The highest BCUT2D eigenvalue weighted by atomic mass is 79.9. The van der Waals surface area contributed by atoms with Crippen LogP contribution >= 0.6 is 27.5 Å². The smallest absolute Gasteiger partial charge is 0.222 e. The van der Waals surface area contributed by atoms with Crippen LogP contribution in [-0.4, -0.2) is 37.8 Å². The van der Waals surface area contributed by atoms with Crippen LogP contribution in [-0.2, 0) is 4.79 Å². The predicted octanol–water partition coefficient (Wildman–Crippen LogP) is 3.01. The normalized spacial score (nSPS) is 25.6. The second-order valence-electron chi connectivity index (χ2n) is 5.71. The molecule has 0 radical (unpaired) electrons. The molecule has 0 N–H and O–H groups in total. The number of fused-ring (bicyclic) bond motifs is 2. The van der Waals surface area contributed by atoms with Gasteiger partial charge in [0.05, 0.1) is 0 Å². The van der Waals surface area contributed by atoms with Crippen molar-refractivity contribution in [3.05, 3.63) is 28.0 Å². The van der Waals surface area contributed by atoms with Crippen LogP contribution in [0.15, 0.2) is 17.0 Å². The number of rotatable bonds is 1. The van der Waals surface area contributed by atoms with Gasteiger partial charge in [0.2, 0.25) is 5.91 Å². The molecule has 2 saturated heterocycles. The summed E-state index contributed by atoms with van der Waals surface area (Å²) in [4.78, 5) is 22.7. The van der Waals surface area contributed by atoms with E-state index in [1.54, 1.807) is 6.20 Å². The molecule has 2 aromatic heterocycles. The maximum atomic E-state index is 12.0. The summed E-state index contributed by atoms with van der Waals surface area (Å²) in [6.45, 7) is 0.759. The third-order valence-electron chi connectivity index (χ3n) is 4.58. The summed E-state index contributed by atoms with van der Waals surface area (Å²) < 4.78 is 2.70. The minimum absolute atomic E-state index is 0.251. The SMILES string of the molecule is O=C1CC[C@H]2CC[C@H](c3nc(Br)c4c(Cl)nccn34)CN12. The highest BCUT2D eigenvalue weighted by Crippen LogP contribution is 2.37. The van der Waals surface area contributed by atoms with E-state index in [0.717, 1.165) is 37.1 Å². The molecular weight excluding hydrogens is 356 g/mol. The van der Waals surface area contributed by atoms with Crippen molar-refractivity contribution in [2.45, 2.75) is 37.6 Å². The second kappa shape index (κ2) is 4.95. The molecule has 2 aliphatic heterocycles. The Balaban J connectivity index is 1.74. The Morgan fingerprint density at radius 2 is 2.19 bits per heavy atom. The first-order chi connectivity index (χ1) is 10.1. The molecule has 2 aromatic rings. The standard InChI is InChI=1S/C14H14BrClN4O/c15-12-11-13(16)17-5-6-19(11)14(18-12)8-1-2-9-3-4-10(21)20(9)7-8/h5-6,8-9H,1-4,7H2/t8-,9+/m0/s1. The van der Waals surface area contributed by atoms with E-state index < -0.39 is 0 Å². The Morgan fingerprint density at radius 1 is 1.33 bits per heavy atom. The van der Waals surface area contributed by atoms with Gasteiger partial charge in [0.25, 0.3) is 0 Å². The molecule has 1 amide bonds. The quantitative estimate of drug-likeness (QED) is 0.776. The molecule has 0 bridgehead atoms. The summed E-state index contributed by atoms with van der Waals surface area (Å²) in [5.74, 6) is 1.49. The number of piperidine rings is 1. The van der Waals surface area contributed by atoms with E-state index in [0.29, 0.717) is 22.2 Å². The van der Waals surface area contributed by atoms with Gasteiger partial charge in [-0.3, -0.25) is 9.20 Å². The molecule has 21 heavy (non-hydrogen) atoms. The van der Waals surface area contributed by atoms with Crippen LogP contribution in [0, 0.1) is 0 Å². The molecule has 7 heteroatoms. The predicted molar refractivity (Wildman–Crippen MR) is 82.4 cm³/mol. The Morgan fingerprint density at radius 3 is 3.05 bits per heavy atom. The third kappa shape index (κ3) is 2.07. The van der Waals surface area contributed by atoms with Crippen molar-refractivity contribution in [1.82, 2.24) is 19.3 Å². The maximum Gasteiger partial charge on any atom is 0.222 e. The molecule has 2 atom stereocenters. The Labute approximate surface area is 135 Å². The van der Waals surface area contributed by atoms with E-state index in [-0.39, 0.29) is 11.8 Å². The van der Waals surface area contributed by atoms with E-state index in [1.165, 1.54) is 0 Å². The Bertz CT molecular complexity index is 731. The number of carbonyl (C=O) groups is 1. The summed E-state index contributed by atoms with van der Waals surface area (Å²) in [7, 11) is 0. The van der Waals surface area contributed by atoms with E-state index in [4.69, 9.17) is 11.6 Å². The zero-order valence-corrected chi connectivity index (χ0v) is 13.6. The van der Waals surface area contributed by atoms with Crippen LogP contribution in [0.3, 0.4) is 0 Å². The van der Waals surface area contributed by atoms with Gasteiger partial charge in [0, 0.05) is 37.3 Å². The average Bonchev–Trinajstić information content (AvgIpc) is 3.01. The lowest BCUT2D eigenvalue weighted by Crippen LogP contribution is -2.41. The highest BCUT2D eigenvalue weighted by Gasteiger charge is 2.38. The first-order valence-electron chi connectivity index (χ1n) is 7.12. The number of amides is 1. The van der Waals surface area contributed by atoms with Gasteiger partial charge in [-0.2, -0.15) is 0 Å². The van der Waals surface area contributed by atoms with Crippen molar-refractivity contribution in [3.8, 4) is 0 Å². The first-order valence-corrected chi connectivity index (χ1v) is 8.29. The van der Waals surface area contributed by atoms with Crippen molar-refractivity contribution in [3.63, 3.8) is 0 Å². The molecule has 2 fully saturated rings. The minimum Gasteiger partial charge on any atom is -0.339 e. The average molecular weight is 370 g/mol. The lowest BCUT2D eigenvalue weighted by atomic mass is 9.93. The van der Waals surface area contributed by atoms with Crippen molar-refractivity contribution < 1.29 is 4.79 Å². The fourth-order valence-electron chi connectivity index (χ4n) is 3.55. The molecule has 0 spiro atoms. The van der Waals surface area contributed by atoms with Gasteiger partial charge in [-0.05, 0) is 35.2 Å². The molecular formula is C14H14BrClN4O. The fourth-order valence-corrected chi connectivity index (χ4v) is 4.46. The van der Waals surface area contributed by atoms with Gasteiger partial charge in [-0.15, -0.1) is 0 Å². The van der Waals surface area contributed by atoms with Crippen LogP contribution in [0.5, 0.6) is 0 Å². The lowest BCUT2D eigenvalue weighted by molar-refractivity contribution is -0.130.